The van der Waals surface area contributed by atoms with E-state index in [-0.39, 0.29) is 18.1 Å². The predicted octanol–water partition coefficient (Wildman–Crippen LogP) is 4.26. The summed E-state index contributed by atoms with van der Waals surface area (Å²) < 4.78 is 7.28. The third-order valence-corrected chi connectivity index (χ3v) is 5.21. The molecule has 0 saturated heterocycles. The van der Waals surface area contributed by atoms with Gasteiger partial charge in [0, 0.05) is 30.3 Å². The van der Waals surface area contributed by atoms with Gasteiger partial charge in [-0.05, 0) is 48.9 Å². The minimum absolute atomic E-state index is 0.0409. The molecule has 162 valence electrons. The number of methoxy groups -OCH3 is 1. The zero-order chi connectivity index (χ0) is 22.5. The summed E-state index contributed by atoms with van der Waals surface area (Å²) in [5.74, 6) is 1.41. The average Bonchev–Trinajstić information content (AvgIpc) is 3.15. The summed E-state index contributed by atoms with van der Waals surface area (Å²) >= 11 is 0. The smallest absolute Gasteiger partial charge is 0.224 e. The summed E-state index contributed by atoms with van der Waals surface area (Å²) in [4.78, 5) is 33.3. The Labute approximate surface area is 186 Å². The lowest BCUT2D eigenvalue weighted by Gasteiger charge is -2.10. The number of Topliss-reactive ketones (excluding diaryl/α,β-unsaturated/α-hetero) is 1. The molecule has 7 heteroatoms. The molecule has 0 atom stereocenters. The number of aryl methyl sites for hydroxylation is 1. The highest BCUT2D eigenvalue weighted by Gasteiger charge is 2.14. The zero-order valence-electron chi connectivity index (χ0n) is 18.0. The van der Waals surface area contributed by atoms with Gasteiger partial charge in [-0.1, -0.05) is 24.3 Å². The van der Waals surface area contributed by atoms with Gasteiger partial charge in [-0.2, -0.15) is 0 Å². The predicted molar refractivity (Wildman–Crippen MR) is 123 cm³/mol. The number of ether oxygens (including phenoxy) is 1. The van der Waals surface area contributed by atoms with Gasteiger partial charge in [0.2, 0.25) is 5.91 Å². The lowest BCUT2D eigenvalue weighted by molar-refractivity contribution is -0.116. The van der Waals surface area contributed by atoms with Crippen LogP contribution in [0.2, 0.25) is 0 Å². The molecule has 0 fully saturated rings. The molecule has 2 heterocycles. The molecule has 4 rings (SSSR count). The van der Waals surface area contributed by atoms with Crippen molar-refractivity contribution in [2.45, 2.75) is 26.3 Å². The first-order valence-corrected chi connectivity index (χ1v) is 10.4. The number of imidazole rings is 1. The highest BCUT2D eigenvalue weighted by atomic mass is 16.5. The number of hydrogen-bond donors (Lipinski definition) is 1. The van der Waals surface area contributed by atoms with Crippen LogP contribution in [0.5, 0.6) is 5.75 Å². The standard InChI is InChI=1S/C25H24N4O3/c1-17(30)19-5-3-6-20(15-19)27-24(31)13-12-23-28-22-7-4-14-26-25(22)29(23)16-18-8-10-21(32-2)11-9-18/h3-11,14-15H,12-13,16H2,1-2H3,(H,27,31). The maximum absolute atomic E-state index is 12.6. The molecule has 2 aromatic heterocycles. The Morgan fingerprint density at radius 2 is 1.88 bits per heavy atom. The maximum Gasteiger partial charge on any atom is 0.224 e. The molecular weight excluding hydrogens is 404 g/mol. The number of rotatable bonds is 8. The number of anilines is 1. The third-order valence-electron chi connectivity index (χ3n) is 5.21. The highest BCUT2D eigenvalue weighted by Crippen LogP contribution is 2.19. The van der Waals surface area contributed by atoms with Crippen molar-refractivity contribution in [2.24, 2.45) is 0 Å². The summed E-state index contributed by atoms with van der Waals surface area (Å²) in [5, 5.41) is 2.87. The van der Waals surface area contributed by atoms with E-state index in [1.807, 2.05) is 41.0 Å². The number of carbonyl (C=O) groups is 2. The van der Waals surface area contributed by atoms with Gasteiger partial charge in [-0.15, -0.1) is 0 Å². The van der Waals surface area contributed by atoms with E-state index in [9.17, 15) is 9.59 Å². The van der Waals surface area contributed by atoms with Gasteiger partial charge in [-0.3, -0.25) is 9.59 Å². The Hall–Kier alpha value is -4.00. The van der Waals surface area contributed by atoms with E-state index < -0.39 is 0 Å². The maximum atomic E-state index is 12.6. The minimum atomic E-state index is -0.137. The van der Waals surface area contributed by atoms with Crippen LogP contribution in [0.15, 0.2) is 66.9 Å². The fourth-order valence-electron chi connectivity index (χ4n) is 3.54. The van der Waals surface area contributed by atoms with Crippen molar-refractivity contribution in [3.63, 3.8) is 0 Å². The van der Waals surface area contributed by atoms with Crippen LogP contribution >= 0.6 is 0 Å². The molecule has 0 bridgehead atoms. The summed E-state index contributed by atoms with van der Waals surface area (Å²) in [7, 11) is 1.64. The van der Waals surface area contributed by atoms with Crippen LogP contribution in [0.4, 0.5) is 5.69 Å². The van der Waals surface area contributed by atoms with Crippen molar-refractivity contribution < 1.29 is 14.3 Å². The van der Waals surface area contributed by atoms with Crippen molar-refractivity contribution in [3.05, 3.63) is 83.8 Å². The normalized spacial score (nSPS) is 10.8. The number of aromatic nitrogens is 3. The number of pyridine rings is 1. The second-order valence-electron chi connectivity index (χ2n) is 7.49. The van der Waals surface area contributed by atoms with Crippen molar-refractivity contribution in [2.75, 3.05) is 12.4 Å². The van der Waals surface area contributed by atoms with Crippen LogP contribution in [0.1, 0.15) is 35.1 Å². The number of ketones is 1. The van der Waals surface area contributed by atoms with Crippen LogP contribution in [-0.4, -0.2) is 33.3 Å². The van der Waals surface area contributed by atoms with E-state index in [0.29, 0.717) is 24.2 Å². The third kappa shape index (κ3) is 4.83. The fraction of sp³-hybridized carbons (Fsp3) is 0.200. The van der Waals surface area contributed by atoms with Crippen LogP contribution in [0, 0.1) is 0 Å². The Balaban J connectivity index is 1.51. The monoisotopic (exact) mass is 428 g/mol. The first-order chi connectivity index (χ1) is 15.5. The molecule has 0 aliphatic rings. The van der Waals surface area contributed by atoms with Crippen LogP contribution in [0.25, 0.3) is 11.2 Å². The largest absolute Gasteiger partial charge is 0.497 e. The molecule has 7 nitrogen and oxygen atoms in total. The molecule has 0 unspecified atom stereocenters. The number of nitrogens with zero attached hydrogens (tertiary/aromatic N) is 3. The quantitative estimate of drug-likeness (QED) is 0.424. The molecule has 1 N–H and O–H groups in total. The number of benzene rings is 2. The summed E-state index contributed by atoms with van der Waals surface area (Å²) in [6.07, 6.45) is 2.47. The Bertz CT molecular complexity index is 1260. The number of hydrogen-bond acceptors (Lipinski definition) is 5. The van der Waals surface area contributed by atoms with Gasteiger partial charge in [0.05, 0.1) is 13.7 Å². The molecule has 0 saturated carbocycles. The Kier molecular flexibility index (Phi) is 6.26. The lowest BCUT2D eigenvalue weighted by atomic mass is 10.1. The van der Waals surface area contributed by atoms with Crippen LogP contribution < -0.4 is 10.1 Å². The van der Waals surface area contributed by atoms with E-state index in [2.05, 4.69) is 10.3 Å². The number of nitrogens with one attached hydrogen (secondary N) is 1. The van der Waals surface area contributed by atoms with Gasteiger partial charge in [0.1, 0.15) is 17.1 Å². The number of fused-ring (bicyclic) bond motifs is 1. The summed E-state index contributed by atoms with van der Waals surface area (Å²) in [6.45, 7) is 2.09. The molecule has 0 aliphatic heterocycles. The van der Waals surface area contributed by atoms with Gasteiger partial charge in [0.25, 0.3) is 0 Å². The fourth-order valence-corrected chi connectivity index (χ4v) is 3.54. The van der Waals surface area contributed by atoms with Crippen LogP contribution in [-0.2, 0) is 17.8 Å². The van der Waals surface area contributed by atoms with Gasteiger partial charge < -0.3 is 14.6 Å². The van der Waals surface area contributed by atoms with Crippen molar-refractivity contribution in [1.29, 1.82) is 0 Å². The number of carbonyl (C=O) groups excluding carboxylic acids is 2. The van der Waals surface area contributed by atoms with Crippen molar-refractivity contribution in [3.8, 4) is 5.75 Å². The van der Waals surface area contributed by atoms with E-state index in [1.165, 1.54) is 6.92 Å². The average molecular weight is 428 g/mol. The zero-order valence-corrected chi connectivity index (χ0v) is 18.0. The first kappa shape index (κ1) is 21.2. The van der Waals surface area contributed by atoms with E-state index in [4.69, 9.17) is 9.72 Å². The summed E-state index contributed by atoms with van der Waals surface area (Å²) in [5.41, 5.74) is 3.84. The van der Waals surface area contributed by atoms with E-state index in [1.54, 1.807) is 37.6 Å². The summed E-state index contributed by atoms with van der Waals surface area (Å²) in [6, 6.07) is 18.6. The molecule has 0 spiro atoms. The SMILES string of the molecule is COc1ccc(Cn2c(CCC(=O)Nc3cccc(C(C)=O)c3)nc3cccnc32)cc1. The topological polar surface area (TPSA) is 86.1 Å². The molecule has 0 aliphatic carbocycles. The minimum Gasteiger partial charge on any atom is -0.497 e. The molecular formula is C25H24N4O3. The Morgan fingerprint density at radius 1 is 1.06 bits per heavy atom. The first-order valence-electron chi connectivity index (χ1n) is 10.4. The molecule has 32 heavy (non-hydrogen) atoms. The van der Waals surface area contributed by atoms with Crippen molar-refractivity contribution >= 4 is 28.5 Å². The van der Waals surface area contributed by atoms with Gasteiger partial charge in [-0.25, -0.2) is 9.97 Å². The molecule has 0 radical (unpaired) electrons. The molecule has 1 amide bonds. The number of amides is 1. The lowest BCUT2D eigenvalue weighted by Crippen LogP contribution is -2.15. The second kappa shape index (κ2) is 9.43. The molecule has 4 aromatic rings. The molecule has 2 aromatic carbocycles. The van der Waals surface area contributed by atoms with Gasteiger partial charge in [0.15, 0.2) is 11.4 Å². The highest BCUT2D eigenvalue weighted by molar-refractivity contribution is 5.97. The second-order valence-corrected chi connectivity index (χ2v) is 7.49. The van der Waals surface area contributed by atoms with Crippen molar-refractivity contribution in [1.82, 2.24) is 14.5 Å². The van der Waals surface area contributed by atoms with E-state index >= 15 is 0 Å². The van der Waals surface area contributed by atoms with Gasteiger partial charge >= 0.3 is 0 Å². The van der Waals surface area contributed by atoms with E-state index in [0.717, 1.165) is 28.3 Å². The Morgan fingerprint density at radius 3 is 2.62 bits per heavy atom. The van der Waals surface area contributed by atoms with Crippen LogP contribution in [0.3, 0.4) is 0 Å².